The highest BCUT2D eigenvalue weighted by Gasteiger charge is 2.10. The lowest BCUT2D eigenvalue weighted by atomic mass is 10.0. The summed E-state index contributed by atoms with van der Waals surface area (Å²) in [4.78, 5) is 0. The van der Waals surface area contributed by atoms with Crippen LogP contribution in [-0.4, -0.2) is 0 Å². The molecule has 2 unspecified atom stereocenters. The number of unbranched alkanes of at least 4 members (excludes halogenated alkanes) is 2. The molecule has 0 heterocycles. The fourth-order valence-corrected chi connectivity index (χ4v) is 2.73. The van der Waals surface area contributed by atoms with Crippen molar-refractivity contribution in [3.8, 4) is 11.5 Å². The molecule has 2 aromatic carbocycles. The van der Waals surface area contributed by atoms with E-state index in [1.165, 1.54) is 0 Å². The molecule has 0 saturated carbocycles. The van der Waals surface area contributed by atoms with Gasteiger partial charge in [0.25, 0.3) is 0 Å². The molecule has 25 heavy (non-hydrogen) atoms. The Kier molecular flexibility index (Phi) is 7.90. The Balaban J connectivity index is 1.93. The lowest BCUT2D eigenvalue weighted by molar-refractivity contribution is 0.315. The quantitative estimate of drug-likeness (QED) is 0.425. The Bertz CT molecular complexity index is 551. The number of hydrogen-bond donors (Lipinski definition) is 0. The molecule has 1 nitrogen and oxygen atoms in total. The smallest absolute Gasteiger partial charge is 0.127 e. The van der Waals surface area contributed by atoms with E-state index in [0.29, 0.717) is 35.5 Å². The van der Waals surface area contributed by atoms with Crippen LogP contribution in [0.1, 0.15) is 75.8 Å². The Hall–Kier alpha value is -1.90. The Morgan fingerprint density at radius 3 is 1.36 bits per heavy atom. The van der Waals surface area contributed by atoms with E-state index in [2.05, 4.69) is 13.8 Å². The average molecular weight is 346 g/mol. The molecular formula is C22H28F2O. The van der Waals surface area contributed by atoms with Crippen LogP contribution in [0.25, 0.3) is 0 Å². The summed E-state index contributed by atoms with van der Waals surface area (Å²) in [6, 6.07) is 14.2. The first kappa shape index (κ1) is 19.4. The van der Waals surface area contributed by atoms with Crippen molar-refractivity contribution < 1.29 is 13.5 Å². The number of halogens is 2. The molecule has 0 aliphatic rings. The molecule has 136 valence electrons. The summed E-state index contributed by atoms with van der Waals surface area (Å²) in [6.45, 7) is 4.12. The van der Waals surface area contributed by atoms with Gasteiger partial charge in [-0.3, -0.25) is 0 Å². The van der Waals surface area contributed by atoms with Crippen LogP contribution >= 0.6 is 0 Å². The number of hydrogen-bond acceptors (Lipinski definition) is 1. The van der Waals surface area contributed by atoms with Gasteiger partial charge in [0.1, 0.15) is 23.8 Å². The molecule has 0 spiro atoms. The SMILES string of the molecule is CCCCC(F)c1ccc(Oc2ccc(C(F)CCCC)cc2)cc1. The second-order valence-electron chi connectivity index (χ2n) is 6.46. The lowest BCUT2D eigenvalue weighted by Gasteiger charge is -2.11. The molecule has 0 bridgehead atoms. The van der Waals surface area contributed by atoms with Crippen LogP contribution in [0.2, 0.25) is 0 Å². The summed E-state index contributed by atoms with van der Waals surface area (Å²) in [5, 5.41) is 0. The van der Waals surface area contributed by atoms with Gasteiger partial charge in [0.2, 0.25) is 0 Å². The fraction of sp³-hybridized carbons (Fsp3) is 0.455. The van der Waals surface area contributed by atoms with Gasteiger partial charge >= 0.3 is 0 Å². The van der Waals surface area contributed by atoms with Crippen LogP contribution in [0.3, 0.4) is 0 Å². The van der Waals surface area contributed by atoms with Crippen molar-refractivity contribution in [3.63, 3.8) is 0 Å². The zero-order valence-electron chi connectivity index (χ0n) is 15.2. The van der Waals surface area contributed by atoms with Gasteiger partial charge in [0.05, 0.1) is 0 Å². The summed E-state index contributed by atoms with van der Waals surface area (Å²) < 4.78 is 33.8. The molecule has 2 rings (SSSR count). The maximum atomic E-state index is 14.0. The van der Waals surface area contributed by atoms with Gasteiger partial charge in [-0.1, -0.05) is 63.8 Å². The van der Waals surface area contributed by atoms with Crippen molar-refractivity contribution in [2.45, 2.75) is 64.7 Å². The monoisotopic (exact) mass is 346 g/mol. The van der Waals surface area contributed by atoms with Crippen LogP contribution in [0.15, 0.2) is 48.5 Å². The largest absolute Gasteiger partial charge is 0.457 e. The second-order valence-corrected chi connectivity index (χ2v) is 6.46. The third-order valence-electron chi connectivity index (χ3n) is 4.34. The highest BCUT2D eigenvalue weighted by atomic mass is 19.1. The van der Waals surface area contributed by atoms with Gasteiger partial charge in [0, 0.05) is 0 Å². The maximum Gasteiger partial charge on any atom is 0.127 e. The predicted octanol–water partition coefficient (Wildman–Crippen LogP) is 7.88. The predicted molar refractivity (Wildman–Crippen MR) is 99.7 cm³/mol. The Labute approximate surface area is 150 Å². The van der Waals surface area contributed by atoms with Gasteiger partial charge in [-0.2, -0.15) is 0 Å². The first-order valence-corrected chi connectivity index (χ1v) is 9.30. The first-order chi connectivity index (χ1) is 12.1. The van der Waals surface area contributed by atoms with Crippen molar-refractivity contribution in [3.05, 3.63) is 59.7 Å². The number of benzene rings is 2. The molecule has 0 N–H and O–H groups in total. The van der Waals surface area contributed by atoms with E-state index >= 15 is 0 Å². The van der Waals surface area contributed by atoms with Crippen LogP contribution in [0, 0.1) is 0 Å². The van der Waals surface area contributed by atoms with Crippen molar-refractivity contribution >= 4 is 0 Å². The zero-order valence-corrected chi connectivity index (χ0v) is 15.2. The normalized spacial score (nSPS) is 13.4. The summed E-state index contributed by atoms with van der Waals surface area (Å²) in [7, 11) is 0. The van der Waals surface area contributed by atoms with Gasteiger partial charge < -0.3 is 4.74 Å². The van der Waals surface area contributed by atoms with Gasteiger partial charge in [-0.25, -0.2) is 8.78 Å². The molecule has 3 heteroatoms. The molecule has 0 aliphatic carbocycles. The molecule has 0 aliphatic heterocycles. The molecule has 0 fully saturated rings. The van der Waals surface area contributed by atoms with E-state index in [4.69, 9.17) is 4.74 Å². The minimum absolute atomic E-state index is 0.556. The van der Waals surface area contributed by atoms with E-state index in [0.717, 1.165) is 25.7 Å². The van der Waals surface area contributed by atoms with Crippen molar-refractivity contribution in [1.82, 2.24) is 0 Å². The van der Waals surface area contributed by atoms with E-state index in [1.54, 1.807) is 48.5 Å². The maximum absolute atomic E-state index is 14.0. The van der Waals surface area contributed by atoms with Gasteiger partial charge in [-0.15, -0.1) is 0 Å². The van der Waals surface area contributed by atoms with Gasteiger partial charge in [0.15, 0.2) is 0 Å². The minimum Gasteiger partial charge on any atom is -0.457 e. The third kappa shape index (κ3) is 6.15. The number of ether oxygens (including phenoxy) is 1. The van der Waals surface area contributed by atoms with Crippen LogP contribution < -0.4 is 4.74 Å². The number of alkyl halides is 2. The van der Waals surface area contributed by atoms with Crippen LogP contribution in [0.4, 0.5) is 8.78 Å². The molecule has 0 radical (unpaired) electrons. The summed E-state index contributed by atoms with van der Waals surface area (Å²) in [5.74, 6) is 1.31. The van der Waals surface area contributed by atoms with Crippen molar-refractivity contribution in [1.29, 1.82) is 0 Å². The molecule has 2 atom stereocenters. The Morgan fingerprint density at radius 2 is 1.04 bits per heavy atom. The third-order valence-corrected chi connectivity index (χ3v) is 4.34. The summed E-state index contributed by atoms with van der Waals surface area (Å²) in [5.41, 5.74) is 1.37. The molecule has 0 saturated heterocycles. The van der Waals surface area contributed by atoms with Crippen molar-refractivity contribution in [2.24, 2.45) is 0 Å². The van der Waals surface area contributed by atoms with Crippen LogP contribution in [-0.2, 0) is 0 Å². The van der Waals surface area contributed by atoms with E-state index in [9.17, 15) is 8.78 Å². The Morgan fingerprint density at radius 1 is 0.680 bits per heavy atom. The second kappa shape index (κ2) is 10.2. The summed E-state index contributed by atoms with van der Waals surface area (Å²) in [6.07, 6.45) is 3.04. The molecule has 2 aromatic rings. The van der Waals surface area contributed by atoms with E-state index in [1.807, 2.05) is 0 Å². The topological polar surface area (TPSA) is 9.23 Å². The average Bonchev–Trinajstić information content (AvgIpc) is 2.65. The molecule has 0 aromatic heterocycles. The first-order valence-electron chi connectivity index (χ1n) is 9.30. The van der Waals surface area contributed by atoms with Crippen molar-refractivity contribution in [2.75, 3.05) is 0 Å². The standard InChI is InChI=1S/C22H28F2O/c1-3-5-7-21(23)17-9-13-19(14-10-17)25-20-15-11-18(12-16-20)22(24)8-6-4-2/h9-16,21-22H,3-8H2,1-2H3. The van der Waals surface area contributed by atoms with E-state index in [-0.39, 0.29) is 0 Å². The van der Waals surface area contributed by atoms with Gasteiger partial charge in [-0.05, 0) is 48.2 Å². The highest BCUT2D eigenvalue weighted by Crippen LogP contribution is 2.29. The molecule has 0 amide bonds. The summed E-state index contributed by atoms with van der Waals surface area (Å²) >= 11 is 0. The lowest BCUT2D eigenvalue weighted by Crippen LogP contribution is -1.93. The van der Waals surface area contributed by atoms with E-state index < -0.39 is 12.3 Å². The highest BCUT2D eigenvalue weighted by molar-refractivity contribution is 5.35. The minimum atomic E-state index is -0.919. The van der Waals surface area contributed by atoms with Crippen LogP contribution in [0.5, 0.6) is 11.5 Å². The zero-order chi connectivity index (χ0) is 18.1. The fourth-order valence-electron chi connectivity index (χ4n) is 2.73. The molecular weight excluding hydrogens is 318 g/mol. The number of rotatable bonds is 10.